The average molecular weight is 307 g/mol. The summed E-state index contributed by atoms with van der Waals surface area (Å²) in [6, 6.07) is 0. The summed E-state index contributed by atoms with van der Waals surface area (Å²) >= 11 is 1.22. The van der Waals surface area contributed by atoms with Crippen LogP contribution in [0.3, 0.4) is 0 Å². The number of rotatable bonds is 8. The lowest BCUT2D eigenvalue weighted by atomic mass is 10.5. The molecule has 0 aliphatic heterocycles. The van der Waals surface area contributed by atoms with Crippen molar-refractivity contribution in [1.82, 2.24) is 25.2 Å². The van der Waals surface area contributed by atoms with Gasteiger partial charge in [-0.2, -0.15) is 0 Å². The maximum Gasteiger partial charge on any atom is 0.230 e. The molecule has 0 atom stereocenters. The number of sulfonamides is 1. The number of H-pyrrole nitrogens is 1. The van der Waals surface area contributed by atoms with E-state index in [-0.39, 0.29) is 24.7 Å². The van der Waals surface area contributed by atoms with Gasteiger partial charge in [0.1, 0.15) is 5.82 Å². The molecule has 0 radical (unpaired) electrons. The van der Waals surface area contributed by atoms with Gasteiger partial charge in [0.15, 0.2) is 0 Å². The Morgan fingerprint density at radius 1 is 1.42 bits per heavy atom. The Bertz CT molecular complexity index is 514. The van der Waals surface area contributed by atoms with Crippen LogP contribution in [0, 0.1) is 0 Å². The summed E-state index contributed by atoms with van der Waals surface area (Å²) in [6.07, 6.45) is 1.83. The maximum atomic E-state index is 11.4. The van der Waals surface area contributed by atoms with Crippen molar-refractivity contribution < 1.29 is 13.2 Å². The van der Waals surface area contributed by atoms with Crippen molar-refractivity contribution in [2.45, 2.75) is 18.5 Å². The molecule has 0 fully saturated rings. The van der Waals surface area contributed by atoms with Crippen LogP contribution in [0.4, 0.5) is 0 Å². The molecule has 0 aliphatic carbocycles. The average Bonchev–Trinajstić information content (AvgIpc) is 2.79. The van der Waals surface area contributed by atoms with E-state index in [4.69, 9.17) is 0 Å². The quantitative estimate of drug-likeness (QED) is 0.424. The first-order chi connectivity index (χ1) is 8.90. The van der Waals surface area contributed by atoms with Gasteiger partial charge in [-0.25, -0.2) is 18.1 Å². The third-order valence-corrected chi connectivity index (χ3v) is 3.57. The molecule has 8 nitrogen and oxygen atoms in total. The molecule has 0 aliphatic rings. The molecule has 0 spiro atoms. The summed E-state index contributed by atoms with van der Waals surface area (Å²) < 4.78 is 23.8. The van der Waals surface area contributed by atoms with Gasteiger partial charge in [-0.1, -0.05) is 18.7 Å². The van der Waals surface area contributed by atoms with E-state index in [2.05, 4.69) is 25.2 Å². The van der Waals surface area contributed by atoms with Crippen molar-refractivity contribution >= 4 is 27.7 Å². The second-order valence-electron chi connectivity index (χ2n) is 3.72. The Kier molecular flexibility index (Phi) is 6.25. The minimum absolute atomic E-state index is 0.176. The molecule has 108 valence electrons. The summed E-state index contributed by atoms with van der Waals surface area (Å²) in [5.41, 5.74) is 0. The van der Waals surface area contributed by atoms with Crippen molar-refractivity contribution in [3.05, 3.63) is 5.82 Å². The molecule has 0 unspecified atom stereocenters. The van der Waals surface area contributed by atoms with Gasteiger partial charge in [-0.05, 0) is 0 Å². The second kappa shape index (κ2) is 7.46. The Labute approximate surface area is 116 Å². The fraction of sp³-hybridized carbons (Fsp3) is 0.667. The number of aromatic nitrogens is 3. The Morgan fingerprint density at radius 3 is 2.74 bits per heavy atom. The number of carbonyl (C=O) groups is 1. The predicted octanol–water partition coefficient (Wildman–Crippen LogP) is -0.875. The van der Waals surface area contributed by atoms with Crippen molar-refractivity contribution in [3.8, 4) is 0 Å². The molecule has 10 heteroatoms. The van der Waals surface area contributed by atoms with Gasteiger partial charge in [0.05, 0.1) is 12.0 Å². The van der Waals surface area contributed by atoms with Crippen LogP contribution in [0.25, 0.3) is 0 Å². The normalized spacial score (nSPS) is 11.5. The molecule has 19 heavy (non-hydrogen) atoms. The van der Waals surface area contributed by atoms with Crippen LogP contribution in [0.5, 0.6) is 0 Å². The molecule has 3 N–H and O–H groups in total. The summed E-state index contributed by atoms with van der Waals surface area (Å²) in [6.45, 7) is 2.38. The number of nitrogens with zero attached hydrogens (tertiary/aromatic N) is 2. The van der Waals surface area contributed by atoms with E-state index >= 15 is 0 Å². The van der Waals surface area contributed by atoms with E-state index in [1.807, 2.05) is 6.92 Å². The number of nitrogens with one attached hydrogen (secondary N) is 3. The first kappa shape index (κ1) is 15.9. The van der Waals surface area contributed by atoms with Crippen LogP contribution in [0.1, 0.15) is 12.7 Å². The van der Waals surface area contributed by atoms with Crippen molar-refractivity contribution in [1.29, 1.82) is 0 Å². The lowest BCUT2D eigenvalue weighted by Gasteiger charge is -2.04. The van der Waals surface area contributed by atoms with Gasteiger partial charge in [-0.3, -0.25) is 9.89 Å². The highest BCUT2D eigenvalue weighted by Crippen LogP contribution is 2.11. The van der Waals surface area contributed by atoms with E-state index < -0.39 is 10.0 Å². The molecule has 1 amide bonds. The molecule has 0 saturated heterocycles. The van der Waals surface area contributed by atoms with Crippen LogP contribution in [-0.2, 0) is 21.2 Å². The number of aromatic amines is 1. The zero-order valence-corrected chi connectivity index (χ0v) is 12.4. The van der Waals surface area contributed by atoms with Gasteiger partial charge in [0, 0.05) is 19.5 Å². The molecule has 1 aromatic heterocycles. The number of aryl methyl sites for hydroxylation is 1. The molecule has 1 aromatic rings. The highest BCUT2D eigenvalue weighted by atomic mass is 32.2. The van der Waals surface area contributed by atoms with Crippen LogP contribution in [0.15, 0.2) is 5.16 Å². The minimum atomic E-state index is -3.21. The number of thioether (sulfide) groups is 1. The van der Waals surface area contributed by atoms with Crippen LogP contribution < -0.4 is 10.0 Å². The molecule has 1 heterocycles. The monoisotopic (exact) mass is 307 g/mol. The van der Waals surface area contributed by atoms with E-state index in [1.165, 1.54) is 11.8 Å². The smallest absolute Gasteiger partial charge is 0.230 e. The van der Waals surface area contributed by atoms with Crippen LogP contribution in [-0.4, -0.2) is 54.6 Å². The van der Waals surface area contributed by atoms with E-state index in [1.54, 1.807) is 0 Å². The Balaban J connectivity index is 2.17. The first-order valence-electron chi connectivity index (χ1n) is 5.66. The third kappa shape index (κ3) is 7.13. The third-order valence-electron chi connectivity index (χ3n) is 1.99. The molecule has 0 saturated carbocycles. The van der Waals surface area contributed by atoms with E-state index in [9.17, 15) is 13.2 Å². The zero-order valence-electron chi connectivity index (χ0n) is 10.8. The topological polar surface area (TPSA) is 117 Å². The lowest BCUT2D eigenvalue weighted by Crippen LogP contribution is -2.34. The fourth-order valence-corrected chi connectivity index (χ4v) is 2.24. The number of hydrogen-bond acceptors (Lipinski definition) is 6. The summed E-state index contributed by atoms with van der Waals surface area (Å²) in [7, 11) is -3.21. The van der Waals surface area contributed by atoms with Crippen LogP contribution in [0.2, 0.25) is 0 Å². The van der Waals surface area contributed by atoms with Crippen molar-refractivity contribution in [2.24, 2.45) is 0 Å². The fourth-order valence-electron chi connectivity index (χ4n) is 1.12. The first-order valence-corrected chi connectivity index (χ1v) is 8.54. The second-order valence-corrected chi connectivity index (χ2v) is 6.50. The van der Waals surface area contributed by atoms with Gasteiger partial charge < -0.3 is 5.32 Å². The van der Waals surface area contributed by atoms with Gasteiger partial charge in [-0.15, -0.1) is 5.10 Å². The highest BCUT2D eigenvalue weighted by Gasteiger charge is 2.07. The van der Waals surface area contributed by atoms with Crippen molar-refractivity contribution in [3.63, 3.8) is 0 Å². The number of carbonyl (C=O) groups excluding carboxylic acids is 1. The molecular formula is C9H17N5O3S2. The SMILES string of the molecule is CCc1nc(SCC(=O)NCCNS(C)(=O)=O)n[nH]1. The summed E-state index contributed by atoms with van der Waals surface area (Å²) in [5.74, 6) is 0.781. The standard InChI is InChI=1S/C9H17N5O3S2/c1-3-7-12-9(14-13-7)18-6-8(15)10-4-5-11-19(2,16)17/h11H,3-6H2,1-2H3,(H,10,15)(H,12,13,14). The summed E-state index contributed by atoms with van der Waals surface area (Å²) in [4.78, 5) is 15.6. The van der Waals surface area contributed by atoms with Gasteiger partial charge in [0.2, 0.25) is 21.1 Å². The largest absolute Gasteiger partial charge is 0.354 e. The summed E-state index contributed by atoms with van der Waals surface area (Å²) in [5, 5.41) is 9.82. The maximum absolute atomic E-state index is 11.4. The number of hydrogen-bond donors (Lipinski definition) is 3. The number of amides is 1. The van der Waals surface area contributed by atoms with Crippen LogP contribution >= 0.6 is 11.8 Å². The predicted molar refractivity (Wildman–Crippen MR) is 72.3 cm³/mol. The lowest BCUT2D eigenvalue weighted by molar-refractivity contribution is -0.118. The molecule has 1 rings (SSSR count). The molecular weight excluding hydrogens is 290 g/mol. The minimum Gasteiger partial charge on any atom is -0.354 e. The molecule has 0 aromatic carbocycles. The zero-order chi connectivity index (χ0) is 14.3. The van der Waals surface area contributed by atoms with E-state index in [0.29, 0.717) is 5.16 Å². The van der Waals surface area contributed by atoms with Gasteiger partial charge in [0.25, 0.3) is 0 Å². The molecule has 0 bridgehead atoms. The Hall–Kier alpha value is -1.13. The Morgan fingerprint density at radius 2 is 2.16 bits per heavy atom. The van der Waals surface area contributed by atoms with Gasteiger partial charge >= 0.3 is 0 Å². The highest BCUT2D eigenvalue weighted by molar-refractivity contribution is 7.99. The van der Waals surface area contributed by atoms with E-state index in [0.717, 1.165) is 18.5 Å². The van der Waals surface area contributed by atoms with Crippen molar-refractivity contribution in [2.75, 3.05) is 25.1 Å².